The van der Waals surface area contributed by atoms with Gasteiger partial charge in [-0.3, -0.25) is 9.69 Å². The maximum absolute atomic E-state index is 13.0. The maximum atomic E-state index is 13.0. The number of anilines is 1. The molecule has 0 N–H and O–H groups in total. The zero-order chi connectivity index (χ0) is 21.3. The third kappa shape index (κ3) is 4.18. The van der Waals surface area contributed by atoms with Gasteiger partial charge in [0.1, 0.15) is 0 Å². The Labute approximate surface area is 167 Å². The largest absolute Gasteiger partial charge is 0.472 e. The topological polar surface area (TPSA) is 112 Å². The fourth-order valence-electron chi connectivity index (χ4n) is 2.95. The van der Waals surface area contributed by atoms with E-state index in [1.54, 1.807) is 52.0 Å². The Morgan fingerprint density at radius 1 is 1.31 bits per heavy atom. The third-order valence-corrected chi connectivity index (χ3v) is 4.24. The van der Waals surface area contributed by atoms with Crippen LogP contribution in [-0.4, -0.2) is 33.5 Å². The van der Waals surface area contributed by atoms with Crippen LogP contribution in [0.25, 0.3) is 0 Å². The molecule has 0 radical (unpaired) electrons. The summed E-state index contributed by atoms with van der Waals surface area (Å²) in [5, 5.41) is 11.1. The maximum Gasteiger partial charge on any atom is 0.366 e. The molecule has 2 aromatic rings. The number of nitrogens with zero attached hydrogens (tertiary/aromatic N) is 3. The molecule has 2 heterocycles. The van der Waals surface area contributed by atoms with Crippen LogP contribution in [0, 0.1) is 10.1 Å². The van der Waals surface area contributed by atoms with Gasteiger partial charge < -0.3 is 19.6 Å². The summed E-state index contributed by atoms with van der Waals surface area (Å²) in [6.07, 6.45) is -0.260. The lowest BCUT2D eigenvalue weighted by Crippen LogP contribution is -2.52. The average Bonchev–Trinajstić information content (AvgIpc) is 2.64. The second-order valence-corrected chi connectivity index (χ2v) is 7.41. The second kappa shape index (κ2) is 7.50. The van der Waals surface area contributed by atoms with Crippen LogP contribution in [0.3, 0.4) is 0 Å². The molecule has 1 aromatic heterocycles. The molecular formula is C20H21N3O6. The molecule has 9 nitrogen and oxygen atoms in total. The van der Waals surface area contributed by atoms with Gasteiger partial charge in [-0.15, -0.1) is 0 Å². The van der Waals surface area contributed by atoms with Crippen molar-refractivity contribution in [2.75, 3.05) is 4.90 Å². The van der Waals surface area contributed by atoms with Gasteiger partial charge in [-0.1, -0.05) is 12.1 Å². The summed E-state index contributed by atoms with van der Waals surface area (Å²) in [5.41, 5.74) is -0.171. The molecule has 1 aromatic carbocycles. The lowest BCUT2D eigenvalue weighted by molar-refractivity contribution is -0.389. The van der Waals surface area contributed by atoms with Gasteiger partial charge in [-0.2, -0.15) is 0 Å². The first-order valence-electron chi connectivity index (χ1n) is 9.05. The molecule has 0 unspecified atom stereocenters. The summed E-state index contributed by atoms with van der Waals surface area (Å²) in [4.78, 5) is 40.9. The number of rotatable bonds is 5. The Bertz CT molecular complexity index is 986. The molecule has 152 valence electrons. The van der Waals surface area contributed by atoms with Gasteiger partial charge in [0.05, 0.1) is 18.2 Å². The number of carbonyl (C=O) groups is 2. The predicted octanol–water partition coefficient (Wildman–Crippen LogP) is 3.26. The van der Waals surface area contributed by atoms with E-state index >= 15 is 0 Å². The Morgan fingerprint density at radius 3 is 2.69 bits per heavy atom. The molecule has 0 bridgehead atoms. The smallest absolute Gasteiger partial charge is 0.366 e. The van der Waals surface area contributed by atoms with Crippen molar-refractivity contribution in [2.24, 2.45) is 0 Å². The molecule has 1 aliphatic rings. The summed E-state index contributed by atoms with van der Waals surface area (Å²) < 4.78 is 10.9. The molecule has 0 fully saturated rings. The lowest BCUT2D eigenvalue weighted by atomic mass is 10.0. The highest BCUT2D eigenvalue weighted by Gasteiger charge is 2.44. The van der Waals surface area contributed by atoms with Crippen molar-refractivity contribution in [3.8, 4) is 5.75 Å². The normalized spacial score (nSPS) is 14.9. The number of esters is 1. The van der Waals surface area contributed by atoms with E-state index in [-0.39, 0.29) is 30.0 Å². The van der Waals surface area contributed by atoms with E-state index in [1.807, 2.05) is 0 Å². The number of hydrogen-bond donors (Lipinski definition) is 0. The molecule has 0 atom stereocenters. The van der Waals surface area contributed by atoms with Gasteiger partial charge in [0.2, 0.25) is 0 Å². The number of pyridine rings is 1. The van der Waals surface area contributed by atoms with E-state index in [0.29, 0.717) is 11.1 Å². The zero-order valence-electron chi connectivity index (χ0n) is 16.5. The summed E-state index contributed by atoms with van der Waals surface area (Å²) >= 11 is 0. The van der Waals surface area contributed by atoms with Crippen LogP contribution < -0.4 is 9.64 Å². The molecule has 9 heteroatoms. The van der Waals surface area contributed by atoms with Crippen molar-refractivity contribution < 1.29 is 24.0 Å². The minimum atomic E-state index is -1.17. The van der Waals surface area contributed by atoms with Crippen molar-refractivity contribution in [3.63, 3.8) is 0 Å². The Balaban J connectivity index is 1.98. The Kier molecular flexibility index (Phi) is 5.23. The number of carbonyl (C=O) groups excluding carboxylic acids is 2. The Morgan fingerprint density at radius 2 is 2.03 bits per heavy atom. The Hall–Kier alpha value is -3.49. The van der Waals surface area contributed by atoms with E-state index in [0.717, 1.165) is 0 Å². The van der Waals surface area contributed by atoms with Crippen molar-refractivity contribution in [1.29, 1.82) is 0 Å². The predicted molar refractivity (Wildman–Crippen MR) is 104 cm³/mol. The molecular weight excluding hydrogens is 378 g/mol. The number of hydrogen-bond acceptors (Lipinski definition) is 7. The second-order valence-electron chi connectivity index (χ2n) is 7.41. The number of benzene rings is 1. The molecule has 0 saturated carbocycles. The van der Waals surface area contributed by atoms with Crippen LogP contribution >= 0.6 is 0 Å². The molecule has 1 aliphatic heterocycles. The molecule has 0 saturated heterocycles. The van der Waals surface area contributed by atoms with Crippen LogP contribution in [0.15, 0.2) is 36.4 Å². The minimum Gasteiger partial charge on any atom is -0.472 e. The summed E-state index contributed by atoms with van der Waals surface area (Å²) in [5.74, 6) is -0.911. The van der Waals surface area contributed by atoms with Crippen molar-refractivity contribution in [3.05, 3.63) is 57.6 Å². The number of aromatic nitrogens is 1. The first-order valence-corrected chi connectivity index (χ1v) is 9.05. The number of amides is 1. The highest BCUT2D eigenvalue weighted by Crippen LogP contribution is 2.38. The van der Waals surface area contributed by atoms with Gasteiger partial charge in [-0.25, -0.2) is 4.79 Å². The van der Waals surface area contributed by atoms with E-state index in [4.69, 9.17) is 9.47 Å². The van der Waals surface area contributed by atoms with Gasteiger partial charge in [0, 0.05) is 6.07 Å². The first-order chi connectivity index (χ1) is 13.6. The van der Waals surface area contributed by atoms with Crippen molar-refractivity contribution >= 4 is 23.5 Å². The molecule has 0 spiro atoms. The monoisotopic (exact) mass is 399 g/mol. The molecule has 3 rings (SSSR count). The zero-order valence-corrected chi connectivity index (χ0v) is 16.5. The summed E-state index contributed by atoms with van der Waals surface area (Å²) in [7, 11) is 0. The van der Waals surface area contributed by atoms with Gasteiger partial charge in [-0.05, 0) is 61.4 Å². The molecule has 0 aliphatic carbocycles. The minimum absolute atomic E-state index is 0.0651. The number of nitro groups is 1. The van der Waals surface area contributed by atoms with Gasteiger partial charge in [0.25, 0.3) is 11.7 Å². The van der Waals surface area contributed by atoms with E-state index in [9.17, 15) is 19.7 Å². The molecule has 29 heavy (non-hydrogen) atoms. The lowest BCUT2D eigenvalue weighted by Gasteiger charge is -2.35. The van der Waals surface area contributed by atoms with E-state index in [2.05, 4.69) is 4.98 Å². The van der Waals surface area contributed by atoms with Crippen LogP contribution in [0.5, 0.6) is 5.75 Å². The van der Waals surface area contributed by atoms with Crippen LogP contribution in [-0.2, 0) is 16.1 Å². The van der Waals surface area contributed by atoms with Crippen molar-refractivity contribution in [1.82, 2.24) is 4.98 Å². The quantitative estimate of drug-likeness (QED) is 0.431. The number of ether oxygens (including phenoxy) is 2. The standard InChI is InChI=1S/C20H21N3O6/c1-12(2)28-18(24)14-7-5-6-13(10-14)11-22-17-15(29-20(3,4)19(22)25)8-9-16(21-17)23(26)27/h5-10,12H,11H2,1-4H3. The van der Waals surface area contributed by atoms with Crippen LogP contribution in [0.1, 0.15) is 43.6 Å². The summed E-state index contributed by atoms with van der Waals surface area (Å²) in [6.45, 7) is 6.80. The molecule has 1 amide bonds. The van der Waals surface area contributed by atoms with Crippen molar-refractivity contribution in [2.45, 2.75) is 45.9 Å². The van der Waals surface area contributed by atoms with Gasteiger partial charge >= 0.3 is 11.8 Å². The SMILES string of the molecule is CC(C)OC(=O)c1cccc(CN2C(=O)C(C)(C)Oc3ccc([N+](=O)[O-])nc32)c1. The third-order valence-electron chi connectivity index (χ3n) is 4.24. The average molecular weight is 399 g/mol. The summed E-state index contributed by atoms with van der Waals surface area (Å²) in [6, 6.07) is 9.33. The van der Waals surface area contributed by atoms with Crippen LogP contribution in [0.4, 0.5) is 11.6 Å². The van der Waals surface area contributed by atoms with E-state index < -0.39 is 22.4 Å². The highest BCUT2D eigenvalue weighted by molar-refractivity contribution is 6.01. The highest BCUT2D eigenvalue weighted by atomic mass is 16.6. The number of fused-ring (bicyclic) bond motifs is 1. The fourth-order valence-corrected chi connectivity index (χ4v) is 2.95. The van der Waals surface area contributed by atoms with Gasteiger partial charge in [0.15, 0.2) is 11.4 Å². The fraction of sp³-hybridized carbons (Fsp3) is 0.350. The van der Waals surface area contributed by atoms with Crippen LogP contribution in [0.2, 0.25) is 0 Å². The first kappa shape index (κ1) is 20.2. The van der Waals surface area contributed by atoms with E-state index in [1.165, 1.54) is 17.0 Å².